The number of aromatic nitrogens is 2. The molecular formula is C12H19N3O2. The van der Waals surface area contributed by atoms with E-state index in [1.807, 2.05) is 0 Å². The maximum absolute atomic E-state index is 12.0. The Bertz CT molecular complexity index is 400. The quantitative estimate of drug-likeness (QED) is 0.680. The Kier molecular flexibility index (Phi) is 3.78. The van der Waals surface area contributed by atoms with Gasteiger partial charge in [0.15, 0.2) is 5.69 Å². The number of aliphatic hydroxyl groups excluding tert-OH is 1. The van der Waals surface area contributed by atoms with Crippen molar-refractivity contribution in [3.8, 4) is 0 Å². The lowest BCUT2D eigenvalue weighted by molar-refractivity contribution is 0.0916. The minimum absolute atomic E-state index is 0.0572. The van der Waals surface area contributed by atoms with E-state index in [1.165, 1.54) is 6.42 Å². The summed E-state index contributed by atoms with van der Waals surface area (Å²) in [4.78, 5) is 12.0. The number of nitrogens with zero attached hydrogens (tertiary/aromatic N) is 1. The fourth-order valence-electron chi connectivity index (χ4n) is 2.18. The molecule has 0 radical (unpaired) electrons. The third kappa shape index (κ3) is 2.66. The van der Waals surface area contributed by atoms with Crippen LogP contribution in [-0.2, 0) is 12.8 Å². The van der Waals surface area contributed by atoms with Gasteiger partial charge in [-0.1, -0.05) is 6.42 Å². The number of rotatable bonds is 3. The highest BCUT2D eigenvalue weighted by atomic mass is 16.3. The highest BCUT2D eigenvalue weighted by molar-refractivity contribution is 5.94. The van der Waals surface area contributed by atoms with E-state index in [9.17, 15) is 4.79 Å². The minimum atomic E-state index is -0.236. The van der Waals surface area contributed by atoms with Crippen molar-refractivity contribution in [1.82, 2.24) is 15.5 Å². The number of hydrogen-bond acceptors (Lipinski definition) is 3. The smallest absolute Gasteiger partial charge is 0.272 e. The van der Waals surface area contributed by atoms with Crippen LogP contribution in [0.5, 0.6) is 0 Å². The summed E-state index contributed by atoms with van der Waals surface area (Å²) in [6.07, 6.45) is 5.37. The fraction of sp³-hybridized carbons (Fsp3) is 0.667. The fourth-order valence-corrected chi connectivity index (χ4v) is 2.18. The lowest BCUT2D eigenvalue weighted by atomic mass is 10.1. The largest absolute Gasteiger partial charge is 0.394 e. The SMILES string of the molecule is C[C@H](CO)NC(=O)c1n[nH]c2c1CCCCC2. The summed E-state index contributed by atoms with van der Waals surface area (Å²) in [7, 11) is 0. The van der Waals surface area contributed by atoms with Crippen molar-refractivity contribution in [1.29, 1.82) is 0 Å². The zero-order valence-electron chi connectivity index (χ0n) is 10.1. The average molecular weight is 237 g/mol. The first-order chi connectivity index (χ1) is 8.22. The van der Waals surface area contributed by atoms with E-state index in [0.717, 1.165) is 36.9 Å². The minimum Gasteiger partial charge on any atom is -0.394 e. The predicted molar refractivity (Wildman–Crippen MR) is 63.9 cm³/mol. The molecule has 1 atom stereocenters. The predicted octanol–water partition coefficient (Wildman–Crippen LogP) is 0.789. The number of aliphatic hydroxyl groups is 1. The first-order valence-electron chi connectivity index (χ1n) is 6.20. The number of fused-ring (bicyclic) bond motifs is 1. The zero-order valence-corrected chi connectivity index (χ0v) is 10.1. The summed E-state index contributed by atoms with van der Waals surface area (Å²) < 4.78 is 0. The van der Waals surface area contributed by atoms with E-state index in [-0.39, 0.29) is 18.6 Å². The second-order valence-electron chi connectivity index (χ2n) is 4.65. The molecule has 5 heteroatoms. The molecule has 1 aliphatic rings. The molecule has 0 aromatic carbocycles. The molecule has 1 amide bonds. The van der Waals surface area contributed by atoms with Crippen LogP contribution in [0.25, 0.3) is 0 Å². The summed E-state index contributed by atoms with van der Waals surface area (Å²) in [6.45, 7) is 1.71. The molecule has 1 aliphatic carbocycles. The number of aryl methyl sites for hydroxylation is 1. The molecule has 1 aromatic heterocycles. The van der Waals surface area contributed by atoms with Gasteiger partial charge in [-0.2, -0.15) is 5.10 Å². The second-order valence-corrected chi connectivity index (χ2v) is 4.65. The summed E-state index contributed by atoms with van der Waals surface area (Å²) in [5, 5.41) is 18.7. The monoisotopic (exact) mass is 237 g/mol. The molecular weight excluding hydrogens is 218 g/mol. The average Bonchev–Trinajstić information content (AvgIpc) is 2.58. The van der Waals surface area contributed by atoms with Gasteiger partial charge in [0.2, 0.25) is 0 Å². The second kappa shape index (κ2) is 5.31. The molecule has 94 valence electrons. The first kappa shape index (κ1) is 12.1. The third-order valence-electron chi connectivity index (χ3n) is 3.17. The zero-order chi connectivity index (χ0) is 12.3. The standard InChI is InChI=1S/C12H19N3O2/c1-8(7-16)13-12(17)11-9-5-3-2-4-6-10(9)14-15-11/h8,16H,2-7H2,1H3,(H,13,17)(H,14,15)/t8-/m1/s1. The van der Waals surface area contributed by atoms with Crippen LogP contribution in [0.15, 0.2) is 0 Å². The number of H-pyrrole nitrogens is 1. The number of aromatic amines is 1. The Morgan fingerprint density at radius 1 is 1.47 bits per heavy atom. The molecule has 1 heterocycles. The third-order valence-corrected chi connectivity index (χ3v) is 3.17. The van der Waals surface area contributed by atoms with Crippen molar-refractivity contribution in [3.05, 3.63) is 17.0 Å². The van der Waals surface area contributed by atoms with Crippen LogP contribution >= 0.6 is 0 Å². The number of carbonyl (C=O) groups excluding carboxylic acids is 1. The number of carbonyl (C=O) groups is 1. The van der Waals surface area contributed by atoms with Gasteiger partial charge in [0, 0.05) is 17.3 Å². The normalized spacial score (nSPS) is 17.1. The van der Waals surface area contributed by atoms with E-state index < -0.39 is 0 Å². The van der Waals surface area contributed by atoms with Crippen molar-refractivity contribution >= 4 is 5.91 Å². The Balaban J connectivity index is 2.15. The van der Waals surface area contributed by atoms with Crippen LogP contribution in [0.3, 0.4) is 0 Å². The van der Waals surface area contributed by atoms with Gasteiger partial charge in [0.1, 0.15) is 0 Å². The van der Waals surface area contributed by atoms with Crippen molar-refractivity contribution in [3.63, 3.8) is 0 Å². The van der Waals surface area contributed by atoms with Gasteiger partial charge < -0.3 is 10.4 Å². The number of amides is 1. The first-order valence-corrected chi connectivity index (χ1v) is 6.20. The molecule has 2 rings (SSSR count). The maximum Gasteiger partial charge on any atom is 0.272 e. The molecule has 0 aliphatic heterocycles. The molecule has 17 heavy (non-hydrogen) atoms. The number of hydrogen-bond donors (Lipinski definition) is 3. The van der Waals surface area contributed by atoms with Gasteiger partial charge in [-0.25, -0.2) is 0 Å². The van der Waals surface area contributed by atoms with Crippen LogP contribution in [-0.4, -0.2) is 33.9 Å². The Hall–Kier alpha value is -1.36. The van der Waals surface area contributed by atoms with Gasteiger partial charge in [0.05, 0.1) is 6.61 Å². The van der Waals surface area contributed by atoms with E-state index in [4.69, 9.17) is 5.11 Å². The van der Waals surface area contributed by atoms with E-state index >= 15 is 0 Å². The molecule has 3 N–H and O–H groups in total. The molecule has 0 saturated carbocycles. The lowest BCUT2D eigenvalue weighted by Gasteiger charge is -2.10. The molecule has 0 bridgehead atoms. The summed E-state index contributed by atoms with van der Waals surface area (Å²) in [5.41, 5.74) is 2.66. The summed E-state index contributed by atoms with van der Waals surface area (Å²) in [6, 6.07) is -0.236. The van der Waals surface area contributed by atoms with Crippen LogP contribution in [0.2, 0.25) is 0 Å². The van der Waals surface area contributed by atoms with Crippen molar-refractivity contribution in [2.24, 2.45) is 0 Å². The van der Waals surface area contributed by atoms with Crippen LogP contribution in [0.4, 0.5) is 0 Å². The molecule has 1 aromatic rings. The van der Waals surface area contributed by atoms with Gasteiger partial charge >= 0.3 is 0 Å². The topological polar surface area (TPSA) is 78.0 Å². The highest BCUT2D eigenvalue weighted by Gasteiger charge is 2.21. The van der Waals surface area contributed by atoms with Gasteiger partial charge in [-0.05, 0) is 32.6 Å². The number of nitrogens with one attached hydrogen (secondary N) is 2. The van der Waals surface area contributed by atoms with E-state index in [0.29, 0.717) is 5.69 Å². The lowest BCUT2D eigenvalue weighted by Crippen LogP contribution is -2.35. The van der Waals surface area contributed by atoms with Crippen molar-refractivity contribution < 1.29 is 9.90 Å². The van der Waals surface area contributed by atoms with E-state index in [2.05, 4.69) is 15.5 Å². The Morgan fingerprint density at radius 2 is 2.24 bits per heavy atom. The van der Waals surface area contributed by atoms with Crippen LogP contribution in [0.1, 0.15) is 47.9 Å². The molecule has 0 saturated heterocycles. The summed E-state index contributed by atoms with van der Waals surface area (Å²) >= 11 is 0. The van der Waals surface area contributed by atoms with Gasteiger partial charge in [-0.3, -0.25) is 9.89 Å². The van der Waals surface area contributed by atoms with Crippen LogP contribution < -0.4 is 5.32 Å². The van der Waals surface area contributed by atoms with Gasteiger partial charge in [0.25, 0.3) is 5.91 Å². The van der Waals surface area contributed by atoms with Crippen molar-refractivity contribution in [2.75, 3.05) is 6.61 Å². The van der Waals surface area contributed by atoms with Crippen LogP contribution in [0, 0.1) is 0 Å². The van der Waals surface area contributed by atoms with Gasteiger partial charge in [-0.15, -0.1) is 0 Å². The maximum atomic E-state index is 12.0. The highest BCUT2D eigenvalue weighted by Crippen LogP contribution is 2.21. The molecule has 0 fully saturated rings. The Labute approximate surface area is 101 Å². The molecule has 5 nitrogen and oxygen atoms in total. The summed E-state index contributed by atoms with van der Waals surface area (Å²) in [5.74, 6) is -0.189. The Morgan fingerprint density at radius 3 is 3.00 bits per heavy atom. The van der Waals surface area contributed by atoms with Crippen molar-refractivity contribution in [2.45, 2.75) is 45.1 Å². The molecule has 0 spiro atoms. The molecule has 0 unspecified atom stereocenters. The van der Waals surface area contributed by atoms with E-state index in [1.54, 1.807) is 6.92 Å².